The third kappa shape index (κ3) is 2.68. The lowest BCUT2D eigenvalue weighted by molar-refractivity contribution is 0.136. The molecule has 2 heterocycles. The first-order valence-electron chi connectivity index (χ1n) is 6.14. The fraction of sp³-hybridized carbons (Fsp3) is 0.750. The standard InChI is InChI=1S/C12H21N3OS/c1-10-9-13-4-3-12(10,15-5-7-16-2)11-14-6-8-17-11/h6,8,10,13,15H,3-5,7,9H2,1-2H3. The van der Waals surface area contributed by atoms with Crippen LogP contribution in [0, 0.1) is 5.92 Å². The molecule has 0 radical (unpaired) electrons. The van der Waals surface area contributed by atoms with E-state index in [9.17, 15) is 0 Å². The molecule has 17 heavy (non-hydrogen) atoms. The molecule has 1 aliphatic heterocycles. The summed E-state index contributed by atoms with van der Waals surface area (Å²) in [6.45, 7) is 5.99. The highest BCUT2D eigenvalue weighted by Gasteiger charge is 2.41. The van der Waals surface area contributed by atoms with Gasteiger partial charge in [0.2, 0.25) is 0 Å². The van der Waals surface area contributed by atoms with Crippen LogP contribution in [-0.4, -0.2) is 38.3 Å². The van der Waals surface area contributed by atoms with Gasteiger partial charge in [-0.2, -0.15) is 0 Å². The maximum Gasteiger partial charge on any atom is 0.113 e. The third-order valence-corrected chi connectivity index (χ3v) is 4.50. The number of nitrogens with one attached hydrogen (secondary N) is 2. The summed E-state index contributed by atoms with van der Waals surface area (Å²) < 4.78 is 5.14. The van der Waals surface area contributed by atoms with Crippen LogP contribution in [-0.2, 0) is 10.3 Å². The van der Waals surface area contributed by atoms with Crippen molar-refractivity contribution in [3.63, 3.8) is 0 Å². The molecule has 2 rings (SSSR count). The van der Waals surface area contributed by atoms with E-state index in [0.717, 1.165) is 32.7 Å². The van der Waals surface area contributed by atoms with Gasteiger partial charge in [-0.3, -0.25) is 0 Å². The molecular weight excluding hydrogens is 234 g/mol. The lowest BCUT2D eigenvalue weighted by Gasteiger charge is -2.42. The van der Waals surface area contributed by atoms with Crippen LogP contribution in [0.2, 0.25) is 0 Å². The first-order chi connectivity index (χ1) is 8.29. The van der Waals surface area contributed by atoms with Gasteiger partial charge in [0, 0.05) is 25.2 Å². The third-order valence-electron chi connectivity index (χ3n) is 3.55. The maximum atomic E-state index is 5.14. The number of hydrogen-bond donors (Lipinski definition) is 2. The van der Waals surface area contributed by atoms with E-state index in [0.29, 0.717) is 5.92 Å². The van der Waals surface area contributed by atoms with Gasteiger partial charge in [0.25, 0.3) is 0 Å². The van der Waals surface area contributed by atoms with Gasteiger partial charge in [0.1, 0.15) is 5.01 Å². The molecule has 96 valence electrons. The molecule has 0 aromatic carbocycles. The summed E-state index contributed by atoms with van der Waals surface area (Å²) in [5.74, 6) is 0.541. The predicted molar refractivity (Wildman–Crippen MR) is 70.3 cm³/mol. The van der Waals surface area contributed by atoms with Crippen LogP contribution in [0.1, 0.15) is 18.4 Å². The van der Waals surface area contributed by atoms with Crippen LogP contribution in [0.3, 0.4) is 0 Å². The quantitative estimate of drug-likeness (QED) is 0.776. The van der Waals surface area contributed by atoms with Crippen LogP contribution in [0.15, 0.2) is 11.6 Å². The van der Waals surface area contributed by atoms with Crippen LogP contribution >= 0.6 is 11.3 Å². The van der Waals surface area contributed by atoms with E-state index >= 15 is 0 Å². The first-order valence-corrected chi connectivity index (χ1v) is 7.02. The van der Waals surface area contributed by atoms with Crippen molar-refractivity contribution in [3.8, 4) is 0 Å². The minimum Gasteiger partial charge on any atom is -0.383 e. The average Bonchev–Trinajstić information content (AvgIpc) is 2.86. The Labute approximate surface area is 107 Å². The Kier molecular flexibility index (Phi) is 4.50. The van der Waals surface area contributed by atoms with Crippen LogP contribution < -0.4 is 10.6 Å². The van der Waals surface area contributed by atoms with E-state index in [1.807, 2.05) is 6.20 Å². The van der Waals surface area contributed by atoms with E-state index in [-0.39, 0.29) is 5.54 Å². The van der Waals surface area contributed by atoms with E-state index in [4.69, 9.17) is 4.74 Å². The van der Waals surface area contributed by atoms with Gasteiger partial charge in [-0.15, -0.1) is 11.3 Å². The Morgan fingerprint density at radius 1 is 1.71 bits per heavy atom. The van der Waals surface area contributed by atoms with Crippen molar-refractivity contribution in [2.45, 2.75) is 18.9 Å². The smallest absolute Gasteiger partial charge is 0.113 e. The van der Waals surface area contributed by atoms with Gasteiger partial charge in [-0.1, -0.05) is 6.92 Å². The zero-order valence-electron chi connectivity index (χ0n) is 10.5. The van der Waals surface area contributed by atoms with Crippen molar-refractivity contribution in [3.05, 3.63) is 16.6 Å². The normalized spacial score (nSPS) is 29.4. The number of nitrogens with zero attached hydrogens (tertiary/aromatic N) is 1. The van der Waals surface area contributed by atoms with Crippen LogP contribution in [0.5, 0.6) is 0 Å². The van der Waals surface area contributed by atoms with Gasteiger partial charge >= 0.3 is 0 Å². The number of piperidine rings is 1. The molecule has 0 amide bonds. The Bertz CT molecular complexity index is 331. The second-order valence-electron chi connectivity index (χ2n) is 4.58. The summed E-state index contributed by atoms with van der Waals surface area (Å²) in [6, 6.07) is 0. The van der Waals surface area contributed by atoms with E-state index in [1.54, 1.807) is 18.4 Å². The predicted octanol–water partition coefficient (Wildman–Crippen LogP) is 1.20. The maximum absolute atomic E-state index is 5.14. The lowest BCUT2D eigenvalue weighted by Crippen LogP contribution is -2.56. The number of ether oxygens (including phenoxy) is 1. The highest BCUT2D eigenvalue weighted by molar-refractivity contribution is 7.09. The summed E-state index contributed by atoms with van der Waals surface area (Å²) in [6.07, 6.45) is 2.99. The van der Waals surface area contributed by atoms with Gasteiger partial charge in [-0.05, 0) is 25.4 Å². The van der Waals surface area contributed by atoms with Gasteiger partial charge < -0.3 is 15.4 Å². The number of thiazole rings is 1. The molecule has 0 bridgehead atoms. The van der Waals surface area contributed by atoms with Crippen molar-refractivity contribution < 1.29 is 4.74 Å². The Morgan fingerprint density at radius 3 is 3.24 bits per heavy atom. The number of aromatic nitrogens is 1. The molecule has 0 saturated carbocycles. The summed E-state index contributed by atoms with van der Waals surface area (Å²) in [5.41, 5.74) is 0.0257. The molecule has 5 heteroatoms. The van der Waals surface area contributed by atoms with Crippen LogP contribution in [0.4, 0.5) is 0 Å². The zero-order chi connectivity index (χ0) is 12.1. The molecule has 2 N–H and O–H groups in total. The van der Waals surface area contributed by atoms with Gasteiger partial charge in [-0.25, -0.2) is 4.98 Å². The van der Waals surface area contributed by atoms with Crippen LogP contribution in [0.25, 0.3) is 0 Å². The second-order valence-corrected chi connectivity index (χ2v) is 5.48. The molecular formula is C12H21N3OS. The van der Waals surface area contributed by atoms with Crippen molar-refractivity contribution in [2.75, 3.05) is 33.4 Å². The molecule has 0 aliphatic carbocycles. The number of methoxy groups -OCH3 is 1. The zero-order valence-corrected chi connectivity index (χ0v) is 11.3. The Morgan fingerprint density at radius 2 is 2.59 bits per heavy atom. The topological polar surface area (TPSA) is 46.2 Å². The molecule has 1 fully saturated rings. The van der Waals surface area contributed by atoms with Crippen molar-refractivity contribution in [1.82, 2.24) is 15.6 Å². The molecule has 1 aromatic rings. The highest BCUT2D eigenvalue weighted by atomic mass is 32.1. The number of rotatable bonds is 5. The van der Waals surface area contributed by atoms with Crippen molar-refractivity contribution >= 4 is 11.3 Å². The molecule has 0 spiro atoms. The fourth-order valence-electron chi connectivity index (χ4n) is 2.50. The molecule has 1 aromatic heterocycles. The van der Waals surface area contributed by atoms with Gasteiger partial charge in [0.15, 0.2) is 0 Å². The number of hydrogen-bond acceptors (Lipinski definition) is 5. The molecule has 2 atom stereocenters. The Balaban J connectivity index is 2.16. The summed E-state index contributed by atoms with van der Waals surface area (Å²) in [7, 11) is 1.74. The lowest BCUT2D eigenvalue weighted by atomic mass is 9.80. The van der Waals surface area contributed by atoms with Crippen molar-refractivity contribution in [1.29, 1.82) is 0 Å². The molecule has 4 nitrogen and oxygen atoms in total. The average molecular weight is 255 g/mol. The fourth-order valence-corrected chi connectivity index (χ4v) is 3.46. The Hall–Kier alpha value is -0.490. The van der Waals surface area contributed by atoms with Gasteiger partial charge in [0.05, 0.1) is 12.1 Å². The van der Waals surface area contributed by atoms with E-state index < -0.39 is 0 Å². The summed E-state index contributed by atoms with van der Waals surface area (Å²) in [4.78, 5) is 4.53. The first kappa shape index (κ1) is 13.0. The largest absolute Gasteiger partial charge is 0.383 e. The molecule has 2 unspecified atom stereocenters. The minimum absolute atomic E-state index is 0.0257. The summed E-state index contributed by atoms with van der Waals surface area (Å²) >= 11 is 1.75. The van der Waals surface area contributed by atoms with E-state index in [2.05, 4.69) is 27.9 Å². The summed E-state index contributed by atoms with van der Waals surface area (Å²) in [5, 5.41) is 10.4. The monoisotopic (exact) mass is 255 g/mol. The second kappa shape index (κ2) is 5.91. The molecule has 1 saturated heterocycles. The minimum atomic E-state index is 0.0257. The van der Waals surface area contributed by atoms with Crippen molar-refractivity contribution in [2.24, 2.45) is 5.92 Å². The highest BCUT2D eigenvalue weighted by Crippen LogP contribution is 2.35. The SMILES string of the molecule is COCCNC1(c2nccs2)CCNCC1C. The van der Waals surface area contributed by atoms with E-state index in [1.165, 1.54) is 5.01 Å². The molecule has 1 aliphatic rings.